The van der Waals surface area contributed by atoms with Crippen LogP contribution < -0.4 is 5.32 Å². The van der Waals surface area contributed by atoms with Crippen LogP contribution in [0.1, 0.15) is 9.67 Å². The molecule has 0 saturated carbocycles. The summed E-state index contributed by atoms with van der Waals surface area (Å²) in [5.74, 6) is 0.112. The van der Waals surface area contributed by atoms with Crippen molar-refractivity contribution in [2.24, 2.45) is 0 Å². The van der Waals surface area contributed by atoms with Crippen LogP contribution >= 0.6 is 22.9 Å². The fourth-order valence-corrected chi connectivity index (χ4v) is 1.57. The minimum absolute atomic E-state index is 0.257. The molecule has 0 aromatic carbocycles. The molecule has 0 spiro atoms. The number of carbonyl (C=O) groups is 1. The van der Waals surface area contributed by atoms with E-state index < -0.39 is 0 Å². The third-order valence-electron chi connectivity index (χ3n) is 1.53. The largest absolute Gasteiger partial charge is 0.306 e. The van der Waals surface area contributed by atoms with E-state index in [1.165, 1.54) is 29.9 Å². The lowest BCUT2D eigenvalue weighted by molar-refractivity contribution is 0.103. The van der Waals surface area contributed by atoms with Crippen LogP contribution in [0.15, 0.2) is 24.1 Å². The van der Waals surface area contributed by atoms with E-state index in [1.807, 2.05) is 0 Å². The number of amides is 1. The second-order valence-electron chi connectivity index (χ2n) is 2.55. The van der Waals surface area contributed by atoms with Crippen molar-refractivity contribution in [3.63, 3.8) is 0 Å². The first-order valence-corrected chi connectivity index (χ1v) is 5.19. The van der Waals surface area contributed by atoms with E-state index in [0.717, 1.165) is 0 Å². The Morgan fingerprint density at radius 3 is 3.00 bits per heavy atom. The van der Waals surface area contributed by atoms with Crippen molar-refractivity contribution in [1.82, 2.24) is 15.0 Å². The van der Waals surface area contributed by atoms with Crippen LogP contribution in [0.2, 0.25) is 5.15 Å². The number of carbonyl (C=O) groups excluding carboxylic acids is 1. The van der Waals surface area contributed by atoms with E-state index in [4.69, 9.17) is 11.6 Å². The second-order valence-corrected chi connectivity index (χ2v) is 3.82. The van der Waals surface area contributed by atoms with E-state index in [9.17, 15) is 4.79 Å². The molecule has 2 aromatic heterocycles. The van der Waals surface area contributed by atoms with E-state index in [0.29, 0.717) is 10.7 Å². The van der Waals surface area contributed by atoms with Gasteiger partial charge in [-0.05, 0) is 0 Å². The molecule has 0 aliphatic carbocycles. The molecule has 2 heterocycles. The van der Waals surface area contributed by atoms with Gasteiger partial charge in [0.1, 0.15) is 22.2 Å². The predicted octanol–water partition coefficient (Wildman–Crippen LogP) is 1.84. The zero-order chi connectivity index (χ0) is 10.7. The van der Waals surface area contributed by atoms with Crippen LogP contribution in [-0.4, -0.2) is 20.9 Å². The molecule has 0 radical (unpaired) electrons. The highest BCUT2D eigenvalue weighted by atomic mass is 35.5. The van der Waals surface area contributed by atoms with Gasteiger partial charge in [0.15, 0.2) is 0 Å². The van der Waals surface area contributed by atoms with Crippen molar-refractivity contribution in [2.75, 3.05) is 5.32 Å². The van der Waals surface area contributed by atoms with E-state index in [2.05, 4.69) is 20.3 Å². The highest BCUT2D eigenvalue weighted by Crippen LogP contribution is 2.11. The number of anilines is 1. The molecule has 76 valence electrons. The van der Waals surface area contributed by atoms with Gasteiger partial charge in [0.25, 0.3) is 5.91 Å². The summed E-state index contributed by atoms with van der Waals surface area (Å²) < 4.78 is 0. The van der Waals surface area contributed by atoms with Gasteiger partial charge in [-0.15, -0.1) is 11.3 Å². The number of nitrogens with one attached hydrogen (secondary N) is 1. The molecule has 5 nitrogen and oxygen atoms in total. The smallest absolute Gasteiger partial charge is 0.268 e. The van der Waals surface area contributed by atoms with E-state index in [-0.39, 0.29) is 11.1 Å². The summed E-state index contributed by atoms with van der Waals surface area (Å²) in [4.78, 5) is 23.4. The number of halogens is 1. The molecule has 0 aliphatic heterocycles. The summed E-state index contributed by atoms with van der Waals surface area (Å²) >= 11 is 6.90. The maximum atomic E-state index is 11.5. The van der Waals surface area contributed by atoms with Crippen molar-refractivity contribution in [2.45, 2.75) is 0 Å². The number of rotatable bonds is 2. The van der Waals surface area contributed by atoms with Crippen LogP contribution in [0.5, 0.6) is 0 Å². The minimum Gasteiger partial charge on any atom is -0.306 e. The zero-order valence-corrected chi connectivity index (χ0v) is 8.92. The Hall–Kier alpha value is -1.53. The molecule has 0 bridgehead atoms. The molecule has 0 aliphatic rings. The molecule has 0 unspecified atom stereocenters. The van der Waals surface area contributed by atoms with Crippen LogP contribution in [0.25, 0.3) is 0 Å². The Labute approximate surface area is 94.2 Å². The average Bonchev–Trinajstić information content (AvgIpc) is 2.70. The van der Waals surface area contributed by atoms with Crippen LogP contribution in [-0.2, 0) is 0 Å². The number of aromatic nitrogens is 3. The lowest BCUT2D eigenvalue weighted by Crippen LogP contribution is -2.11. The normalized spacial score (nSPS) is 9.93. The third-order valence-corrected chi connectivity index (χ3v) is 2.51. The second kappa shape index (κ2) is 4.33. The first-order chi connectivity index (χ1) is 7.25. The number of hydrogen-bond donors (Lipinski definition) is 1. The topological polar surface area (TPSA) is 67.8 Å². The molecule has 15 heavy (non-hydrogen) atoms. The van der Waals surface area contributed by atoms with Crippen LogP contribution in [0.4, 0.5) is 5.82 Å². The average molecular weight is 241 g/mol. The molecule has 2 aromatic rings. The molecule has 1 amide bonds. The first kappa shape index (κ1) is 10.0. The summed E-state index contributed by atoms with van der Waals surface area (Å²) in [7, 11) is 0. The summed E-state index contributed by atoms with van der Waals surface area (Å²) in [5.41, 5.74) is 1.59. The highest BCUT2D eigenvalue weighted by Gasteiger charge is 2.08. The fourth-order valence-electron chi connectivity index (χ4n) is 0.908. The van der Waals surface area contributed by atoms with E-state index in [1.54, 1.807) is 5.51 Å². The molecule has 1 N–H and O–H groups in total. The SMILES string of the molecule is O=C(Nc1cc(Cl)ncn1)c1cncs1. The molecule has 0 atom stereocenters. The summed E-state index contributed by atoms with van der Waals surface area (Å²) in [6, 6.07) is 1.47. The van der Waals surface area contributed by atoms with Crippen molar-refractivity contribution >= 4 is 34.7 Å². The number of nitrogens with zero attached hydrogens (tertiary/aromatic N) is 3. The number of hydrogen-bond acceptors (Lipinski definition) is 5. The Morgan fingerprint density at radius 1 is 1.47 bits per heavy atom. The molecule has 7 heteroatoms. The monoisotopic (exact) mass is 240 g/mol. The van der Waals surface area contributed by atoms with Crippen LogP contribution in [0, 0.1) is 0 Å². The minimum atomic E-state index is -0.257. The summed E-state index contributed by atoms with van der Waals surface area (Å²) in [6.45, 7) is 0. The molecule has 2 rings (SSSR count). The quantitative estimate of drug-likeness (QED) is 0.814. The van der Waals surface area contributed by atoms with Gasteiger partial charge in [-0.3, -0.25) is 9.78 Å². The fraction of sp³-hybridized carbons (Fsp3) is 0. The number of thiazole rings is 1. The van der Waals surface area contributed by atoms with Gasteiger partial charge in [-0.2, -0.15) is 0 Å². The highest BCUT2D eigenvalue weighted by molar-refractivity contribution is 7.11. The lowest BCUT2D eigenvalue weighted by atomic mass is 10.5. The standard InChI is InChI=1S/C8H5ClN4OS/c9-6-1-7(12-3-11-6)13-8(14)5-2-10-4-15-5/h1-4H,(H,11,12,13,14). The zero-order valence-electron chi connectivity index (χ0n) is 7.35. The van der Waals surface area contributed by atoms with Gasteiger partial charge in [0.2, 0.25) is 0 Å². The molecule has 0 saturated heterocycles. The van der Waals surface area contributed by atoms with Gasteiger partial charge < -0.3 is 5.32 Å². The maximum Gasteiger partial charge on any atom is 0.268 e. The van der Waals surface area contributed by atoms with Crippen molar-refractivity contribution in [3.8, 4) is 0 Å². The lowest BCUT2D eigenvalue weighted by Gasteiger charge is -2.01. The predicted molar refractivity (Wildman–Crippen MR) is 57.1 cm³/mol. The van der Waals surface area contributed by atoms with Crippen molar-refractivity contribution in [3.05, 3.63) is 34.1 Å². The Balaban J connectivity index is 2.13. The Kier molecular flexibility index (Phi) is 2.89. The van der Waals surface area contributed by atoms with Gasteiger partial charge in [0.05, 0.1) is 11.7 Å². The van der Waals surface area contributed by atoms with Gasteiger partial charge in [-0.1, -0.05) is 11.6 Å². The molecular weight excluding hydrogens is 236 g/mol. The van der Waals surface area contributed by atoms with E-state index >= 15 is 0 Å². The van der Waals surface area contributed by atoms with Gasteiger partial charge >= 0.3 is 0 Å². The van der Waals surface area contributed by atoms with Crippen LogP contribution in [0.3, 0.4) is 0 Å². The Bertz CT molecular complexity index is 473. The summed E-state index contributed by atoms with van der Waals surface area (Å²) in [5, 5.41) is 2.86. The summed E-state index contributed by atoms with van der Waals surface area (Å²) in [6.07, 6.45) is 2.77. The van der Waals surface area contributed by atoms with Crippen molar-refractivity contribution in [1.29, 1.82) is 0 Å². The van der Waals surface area contributed by atoms with Gasteiger partial charge in [0, 0.05) is 6.07 Å². The first-order valence-electron chi connectivity index (χ1n) is 3.93. The third kappa shape index (κ3) is 2.48. The Morgan fingerprint density at radius 2 is 2.33 bits per heavy atom. The molecule has 0 fully saturated rings. The maximum absolute atomic E-state index is 11.5. The van der Waals surface area contributed by atoms with Gasteiger partial charge in [-0.25, -0.2) is 9.97 Å². The van der Waals surface area contributed by atoms with Crippen molar-refractivity contribution < 1.29 is 4.79 Å². The molecular formula is C8H5ClN4OS.